The Kier molecular flexibility index (Phi) is 5.35. The molecule has 5 nitrogen and oxygen atoms in total. The molecule has 0 radical (unpaired) electrons. The van der Waals surface area contributed by atoms with Gasteiger partial charge in [0.1, 0.15) is 5.69 Å². The number of morpholine rings is 1. The summed E-state index contributed by atoms with van der Waals surface area (Å²) in [6.45, 7) is 7.28. The Morgan fingerprint density at radius 2 is 2.17 bits per heavy atom. The predicted octanol–water partition coefficient (Wildman–Crippen LogP) is 2.69. The van der Waals surface area contributed by atoms with Gasteiger partial charge in [0.2, 0.25) is 0 Å². The molecule has 6 heteroatoms. The number of H-pyrrole nitrogens is 1. The first-order valence-corrected chi connectivity index (χ1v) is 8.80. The molecule has 2 heterocycles. The van der Waals surface area contributed by atoms with Crippen LogP contribution in [0.5, 0.6) is 0 Å². The number of nitrogens with zero attached hydrogens (tertiary/aromatic N) is 1. The summed E-state index contributed by atoms with van der Waals surface area (Å²) in [6, 6.07) is 6.00. The summed E-state index contributed by atoms with van der Waals surface area (Å²) in [5.41, 5.74) is 2.64. The summed E-state index contributed by atoms with van der Waals surface area (Å²) in [7, 11) is 0. The van der Waals surface area contributed by atoms with E-state index in [1.807, 2.05) is 25.1 Å². The van der Waals surface area contributed by atoms with E-state index < -0.39 is 0 Å². The van der Waals surface area contributed by atoms with Crippen molar-refractivity contribution < 1.29 is 9.53 Å². The van der Waals surface area contributed by atoms with Gasteiger partial charge in [-0.2, -0.15) is 0 Å². The van der Waals surface area contributed by atoms with Gasteiger partial charge >= 0.3 is 0 Å². The molecule has 1 aromatic carbocycles. The number of hydrogen-bond acceptors (Lipinski definition) is 3. The van der Waals surface area contributed by atoms with E-state index in [2.05, 4.69) is 31.1 Å². The second kappa shape index (κ2) is 7.47. The zero-order valence-electron chi connectivity index (χ0n) is 13.3. The summed E-state index contributed by atoms with van der Waals surface area (Å²) in [4.78, 5) is 18.0. The van der Waals surface area contributed by atoms with Gasteiger partial charge in [0.05, 0.1) is 13.2 Å². The number of carbonyl (C=O) groups is 1. The number of carbonyl (C=O) groups excluding carboxylic acids is 1. The van der Waals surface area contributed by atoms with Crippen molar-refractivity contribution in [2.45, 2.75) is 13.3 Å². The Balaban J connectivity index is 1.55. The highest BCUT2D eigenvalue weighted by molar-refractivity contribution is 9.10. The molecule has 2 N–H and O–H groups in total. The van der Waals surface area contributed by atoms with Crippen molar-refractivity contribution in [1.29, 1.82) is 0 Å². The third-order valence-electron chi connectivity index (χ3n) is 4.29. The van der Waals surface area contributed by atoms with Crippen LogP contribution in [0, 0.1) is 6.92 Å². The average Bonchev–Trinajstić information content (AvgIpc) is 2.89. The molecule has 0 aliphatic carbocycles. The van der Waals surface area contributed by atoms with Gasteiger partial charge in [0.25, 0.3) is 5.91 Å². The summed E-state index contributed by atoms with van der Waals surface area (Å²) in [6.07, 6.45) is 0.955. The highest BCUT2D eigenvalue weighted by atomic mass is 79.9. The van der Waals surface area contributed by atoms with E-state index in [-0.39, 0.29) is 5.91 Å². The first kappa shape index (κ1) is 16.5. The number of amides is 1. The maximum Gasteiger partial charge on any atom is 0.268 e. The van der Waals surface area contributed by atoms with E-state index >= 15 is 0 Å². The molecule has 0 atom stereocenters. The smallest absolute Gasteiger partial charge is 0.268 e. The van der Waals surface area contributed by atoms with Gasteiger partial charge in [0, 0.05) is 35.0 Å². The summed E-state index contributed by atoms with van der Waals surface area (Å²) in [5.74, 6) is -0.0307. The maximum atomic E-state index is 12.4. The van der Waals surface area contributed by atoms with Crippen molar-refractivity contribution in [2.75, 3.05) is 39.4 Å². The molecule has 1 aliphatic rings. The minimum atomic E-state index is -0.0307. The van der Waals surface area contributed by atoms with Crippen LogP contribution in [0.2, 0.25) is 0 Å². The van der Waals surface area contributed by atoms with Crippen LogP contribution < -0.4 is 5.32 Å². The topological polar surface area (TPSA) is 57.4 Å². The molecule has 0 unspecified atom stereocenters. The summed E-state index contributed by atoms with van der Waals surface area (Å²) in [5, 5.41) is 4.10. The second-order valence-corrected chi connectivity index (χ2v) is 6.79. The van der Waals surface area contributed by atoms with Gasteiger partial charge in [-0.05, 0) is 43.7 Å². The van der Waals surface area contributed by atoms with Crippen LogP contribution in [0.25, 0.3) is 10.9 Å². The Morgan fingerprint density at radius 1 is 1.39 bits per heavy atom. The van der Waals surface area contributed by atoms with Crippen LogP contribution in [-0.4, -0.2) is 55.2 Å². The number of ether oxygens (including phenoxy) is 1. The SMILES string of the molecule is Cc1c(C(=O)NCCCN2CCOCC2)[nH]c2ccc(Br)cc12. The van der Waals surface area contributed by atoms with Crippen molar-refractivity contribution in [1.82, 2.24) is 15.2 Å². The number of nitrogens with one attached hydrogen (secondary N) is 2. The van der Waals surface area contributed by atoms with E-state index in [1.165, 1.54) is 0 Å². The molecule has 1 amide bonds. The number of aryl methyl sites for hydroxylation is 1. The van der Waals surface area contributed by atoms with Gasteiger partial charge in [-0.3, -0.25) is 9.69 Å². The zero-order chi connectivity index (χ0) is 16.2. The van der Waals surface area contributed by atoms with Gasteiger partial charge < -0.3 is 15.0 Å². The fourth-order valence-corrected chi connectivity index (χ4v) is 3.30. The van der Waals surface area contributed by atoms with E-state index in [4.69, 9.17) is 4.74 Å². The monoisotopic (exact) mass is 379 g/mol. The lowest BCUT2D eigenvalue weighted by Gasteiger charge is -2.26. The molecule has 1 fully saturated rings. The quantitative estimate of drug-likeness (QED) is 0.785. The van der Waals surface area contributed by atoms with Crippen molar-refractivity contribution >= 4 is 32.7 Å². The van der Waals surface area contributed by atoms with Crippen LogP contribution in [0.3, 0.4) is 0 Å². The van der Waals surface area contributed by atoms with E-state index in [9.17, 15) is 4.79 Å². The third-order valence-corrected chi connectivity index (χ3v) is 4.78. The van der Waals surface area contributed by atoms with Crippen molar-refractivity contribution in [3.05, 3.63) is 33.9 Å². The van der Waals surface area contributed by atoms with E-state index in [0.717, 1.165) is 60.2 Å². The lowest BCUT2D eigenvalue weighted by Crippen LogP contribution is -2.38. The number of fused-ring (bicyclic) bond motifs is 1. The standard InChI is InChI=1S/C17H22BrN3O2/c1-12-14-11-13(18)3-4-15(14)20-16(12)17(22)19-5-2-6-21-7-9-23-10-8-21/h3-4,11,20H,2,5-10H2,1H3,(H,19,22). The Labute approximate surface area is 144 Å². The molecular weight excluding hydrogens is 358 g/mol. The minimum Gasteiger partial charge on any atom is -0.379 e. The van der Waals surface area contributed by atoms with E-state index in [1.54, 1.807) is 0 Å². The number of aromatic nitrogens is 1. The summed E-state index contributed by atoms with van der Waals surface area (Å²) < 4.78 is 6.35. The molecule has 1 aliphatic heterocycles. The zero-order valence-corrected chi connectivity index (χ0v) is 14.9. The predicted molar refractivity (Wildman–Crippen MR) is 94.9 cm³/mol. The lowest BCUT2D eigenvalue weighted by molar-refractivity contribution is 0.0374. The second-order valence-electron chi connectivity index (χ2n) is 5.88. The lowest BCUT2D eigenvalue weighted by atomic mass is 10.1. The number of rotatable bonds is 5. The largest absolute Gasteiger partial charge is 0.379 e. The van der Waals surface area contributed by atoms with Gasteiger partial charge in [0.15, 0.2) is 0 Å². The number of halogens is 1. The molecule has 1 saturated heterocycles. The van der Waals surface area contributed by atoms with Crippen molar-refractivity contribution in [3.8, 4) is 0 Å². The van der Waals surface area contributed by atoms with E-state index in [0.29, 0.717) is 12.2 Å². The molecule has 23 heavy (non-hydrogen) atoms. The van der Waals surface area contributed by atoms with Crippen LogP contribution in [-0.2, 0) is 4.74 Å². The van der Waals surface area contributed by atoms with Crippen LogP contribution in [0.15, 0.2) is 22.7 Å². The first-order chi connectivity index (χ1) is 11.1. The molecule has 3 rings (SSSR count). The molecule has 1 aromatic heterocycles. The molecule has 2 aromatic rings. The highest BCUT2D eigenvalue weighted by Crippen LogP contribution is 2.25. The van der Waals surface area contributed by atoms with Crippen LogP contribution in [0.1, 0.15) is 22.5 Å². The fourth-order valence-electron chi connectivity index (χ4n) is 2.94. The van der Waals surface area contributed by atoms with Crippen LogP contribution >= 0.6 is 15.9 Å². The Morgan fingerprint density at radius 3 is 2.96 bits per heavy atom. The van der Waals surface area contributed by atoms with Crippen molar-refractivity contribution in [3.63, 3.8) is 0 Å². The summed E-state index contributed by atoms with van der Waals surface area (Å²) >= 11 is 3.47. The van der Waals surface area contributed by atoms with Gasteiger partial charge in [-0.25, -0.2) is 0 Å². The Hall–Kier alpha value is -1.37. The van der Waals surface area contributed by atoms with Crippen molar-refractivity contribution in [2.24, 2.45) is 0 Å². The maximum absolute atomic E-state index is 12.4. The minimum absolute atomic E-state index is 0.0307. The normalized spacial score (nSPS) is 15.9. The Bertz CT molecular complexity index is 692. The molecular formula is C17H22BrN3O2. The molecule has 0 saturated carbocycles. The number of benzene rings is 1. The third kappa shape index (κ3) is 3.94. The average molecular weight is 380 g/mol. The molecule has 0 bridgehead atoms. The molecule has 0 spiro atoms. The first-order valence-electron chi connectivity index (χ1n) is 8.01. The van der Waals surface area contributed by atoms with Gasteiger partial charge in [-0.15, -0.1) is 0 Å². The molecule has 124 valence electrons. The van der Waals surface area contributed by atoms with Gasteiger partial charge in [-0.1, -0.05) is 15.9 Å². The highest BCUT2D eigenvalue weighted by Gasteiger charge is 2.15. The van der Waals surface area contributed by atoms with Crippen LogP contribution in [0.4, 0.5) is 0 Å². The number of hydrogen-bond donors (Lipinski definition) is 2. The fraction of sp³-hybridized carbons (Fsp3) is 0.471. The number of aromatic amines is 1.